The highest BCUT2D eigenvalue weighted by Crippen LogP contribution is 2.29. The van der Waals surface area contributed by atoms with Crippen molar-refractivity contribution < 1.29 is 9.47 Å². The Morgan fingerprint density at radius 2 is 1.34 bits per heavy atom. The van der Waals surface area contributed by atoms with Gasteiger partial charge in [0.15, 0.2) is 11.5 Å². The topological polar surface area (TPSA) is 42.9 Å². The van der Waals surface area contributed by atoms with E-state index in [2.05, 4.69) is 23.5 Å². The maximum Gasteiger partial charge on any atom is 0.162 e. The summed E-state index contributed by atoms with van der Waals surface area (Å²) in [5.74, 6) is 1.39. The first-order chi connectivity index (χ1) is 15.8. The Morgan fingerprint density at radius 3 is 2.00 bits per heavy atom. The van der Waals surface area contributed by atoms with Gasteiger partial charge in [0.2, 0.25) is 0 Å². The van der Waals surface area contributed by atoms with E-state index in [0.29, 0.717) is 24.7 Å². The summed E-state index contributed by atoms with van der Waals surface area (Å²) in [6.07, 6.45) is 1.78. The van der Waals surface area contributed by atoms with Crippen LogP contribution in [0.5, 0.6) is 11.5 Å². The van der Waals surface area contributed by atoms with E-state index in [1.54, 1.807) is 6.21 Å². The molecule has 0 spiro atoms. The van der Waals surface area contributed by atoms with Crippen molar-refractivity contribution in [2.24, 2.45) is 5.10 Å². The lowest BCUT2D eigenvalue weighted by Gasteiger charge is -2.14. The number of nitrogens with one attached hydrogen (secondary N) is 1. The van der Waals surface area contributed by atoms with Gasteiger partial charge in [-0.3, -0.25) is 5.43 Å². The zero-order valence-corrected chi connectivity index (χ0v) is 18.1. The molecule has 0 aromatic heterocycles. The van der Waals surface area contributed by atoms with Crippen molar-refractivity contribution >= 4 is 11.9 Å². The number of nitrogens with zero attached hydrogens (tertiary/aromatic N) is 1. The lowest BCUT2D eigenvalue weighted by molar-refractivity contribution is 0.256. The van der Waals surface area contributed by atoms with Crippen LogP contribution in [-0.4, -0.2) is 6.21 Å². The van der Waals surface area contributed by atoms with Gasteiger partial charge in [0.25, 0.3) is 0 Å². The molecule has 0 radical (unpaired) electrons. The normalized spacial score (nSPS) is 10.8. The minimum absolute atomic E-state index is 0.463. The van der Waals surface area contributed by atoms with E-state index in [4.69, 9.17) is 9.47 Å². The minimum Gasteiger partial charge on any atom is -0.485 e. The highest BCUT2D eigenvalue weighted by molar-refractivity contribution is 5.81. The molecule has 0 saturated carbocycles. The average molecular weight is 423 g/mol. The zero-order chi connectivity index (χ0) is 22.0. The largest absolute Gasteiger partial charge is 0.485 e. The van der Waals surface area contributed by atoms with Gasteiger partial charge in [-0.2, -0.15) is 5.10 Å². The number of ether oxygens (including phenoxy) is 2. The van der Waals surface area contributed by atoms with Crippen LogP contribution in [0.15, 0.2) is 108 Å². The van der Waals surface area contributed by atoms with E-state index < -0.39 is 0 Å². The quantitative estimate of drug-likeness (QED) is 0.244. The molecule has 0 aliphatic carbocycles. The summed E-state index contributed by atoms with van der Waals surface area (Å²) in [5.41, 5.74) is 8.32. The van der Waals surface area contributed by atoms with Crippen molar-refractivity contribution in [2.45, 2.75) is 20.1 Å². The molecule has 0 aliphatic rings. The van der Waals surface area contributed by atoms with Crippen molar-refractivity contribution in [3.05, 3.63) is 125 Å². The lowest BCUT2D eigenvalue weighted by Crippen LogP contribution is -2.01. The van der Waals surface area contributed by atoms with Crippen LogP contribution in [0.2, 0.25) is 0 Å². The van der Waals surface area contributed by atoms with Gasteiger partial charge in [-0.25, -0.2) is 0 Å². The van der Waals surface area contributed by atoms with Crippen molar-refractivity contribution in [3.8, 4) is 11.5 Å². The smallest absolute Gasteiger partial charge is 0.162 e. The van der Waals surface area contributed by atoms with Crippen molar-refractivity contribution in [2.75, 3.05) is 5.43 Å². The standard InChI is InChI=1S/C28H26N2O2/c1-22-9-8-14-26(17-22)30-29-19-25-15-16-27(31-20-23-10-4-2-5-11-23)28(18-25)32-21-24-12-6-3-7-13-24/h2-19,30H,20-21H2,1H3/b29-19+. The average Bonchev–Trinajstić information content (AvgIpc) is 2.83. The molecule has 0 unspecified atom stereocenters. The predicted octanol–water partition coefficient (Wildman–Crippen LogP) is 6.60. The summed E-state index contributed by atoms with van der Waals surface area (Å²) in [5, 5.41) is 4.36. The van der Waals surface area contributed by atoms with Crippen LogP contribution in [0.25, 0.3) is 0 Å². The van der Waals surface area contributed by atoms with E-state index in [9.17, 15) is 0 Å². The molecule has 32 heavy (non-hydrogen) atoms. The molecular formula is C28H26N2O2. The van der Waals surface area contributed by atoms with E-state index in [-0.39, 0.29) is 0 Å². The maximum absolute atomic E-state index is 6.13. The van der Waals surface area contributed by atoms with E-state index in [1.807, 2.05) is 97.1 Å². The first-order valence-corrected chi connectivity index (χ1v) is 10.6. The Labute approximate surface area is 189 Å². The predicted molar refractivity (Wildman–Crippen MR) is 130 cm³/mol. The second kappa shape index (κ2) is 10.8. The van der Waals surface area contributed by atoms with Crippen LogP contribution < -0.4 is 14.9 Å². The van der Waals surface area contributed by atoms with Crippen LogP contribution in [0.3, 0.4) is 0 Å². The summed E-state index contributed by atoms with van der Waals surface area (Å²) in [4.78, 5) is 0. The molecule has 4 nitrogen and oxygen atoms in total. The monoisotopic (exact) mass is 422 g/mol. The molecule has 0 aliphatic heterocycles. The number of hydrazone groups is 1. The molecule has 1 N–H and O–H groups in total. The van der Waals surface area contributed by atoms with Crippen molar-refractivity contribution in [3.63, 3.8) is 0 Å². The summed E-state index contributed by atoms with van der Waals surface area (Å²) < 4.78 is 12.2. The fourth-order valence-electron chi connectivity index (χ4n) is 3.20. The number of hydrogen-bond donors (Lipinski definition) is 1. The van der Waals surface area contributed by atoms with Gasteiger partial charge in [-0.1, -0.05) is 72.8 Å². The summed E-state index contributed by atoms with van der Waals surface area (Å²) >= 11 is 0. The van der Waals surface area contributed by atoms with Crippen LogP contribution in [0, 0.1) is 6.92 Å². The second-order valence-corrected chi connectivity index (χ2v) is 7.49. The van der Waals surface area contributed by atoms with Crippen LogP contribution in [0.1, 0.15) is 22.3 Å². The third kappa shape index (κ3) is 6.22. The molecule has 4 heteroatoms. The number of anilines is 1. The molecule has 0 fully saturated rings. The van der Waals surface area contributed by atoms with Gasteiger partial charge < -0.3 is 9.47 Å². The Hall–Kier alpha value is -4.05. The molecule has 4 rings (SSSR count). The Bertz CT molecular complexity index is 1160. The highest BCUT2D eigenvalue weighted by atomic mass is 16.5. The van der Waals surface area contributed by atoms with Crippen LogP contribution >= 0.6 is 0 Å². The van der Waals surface area contributed by atoms with Gasteiger partial charge in [0.1, 0.15) is 13.2 Å². The Morgan fingerprint density at radius 1 is 0.688 bits per heavy atom. The Balaban J connectivity index is 1.49. The SMILES string of the molecule is Cc1cccc(N/N=C/c2ccc(OCc3ccccc3)c(OCc3ccccc3)c2)c1. The molecule has 0 amide bonds. The first kappa shape index (κ1) is 21.2. The third-order valence-electron chi connectivity index (χ3n) is 4.87. The molecule has 0 saturated heterocycles. The van der Waals surface area contributed by atoms with E-state index in [0.717, 1.165) is 22.4 Å². The fraction of sp³-hybridized carbons (Fsp3) is 0.107. The summed E-state index contributed by atoms with van der Waals surface area (Å²) in [7, 11) is 0. The fourth-order valence-corrected chi connectivity index (χ4v) is 3.20. The third-order valence-corrected chi connectivity index (χ3v) is 4.87. The zero-order valence-electron chi connectivity index (χ0n) is 18.1. The molecule has 160 valence electrons. The molecule has 0 atom stereocenters. The van der Waals surface area contributed by atoms with Gasteiger partial charge in [-0.05, 0) is 59.5 Å². The van der Waals surface area contributed by atoms with Gasteiger partial charge in [0, 0.05) is 0 Å². The van der Waals surface area contributed by atoms with E-state index >= 15 is 0 Å². The molecule has 0 heterocycles. The van der Waals surface area contributed by atoms with Crippen LogP contribution in [0.4, 0.5) is 5.69 Å². The number of hydrogen-bond acceptors (Lipinski definition) is 4. The lowest BCUT2D eigenvalue weighted by atomic mass is 10.2. The molecular weight excluding hydrogens is 396 g/mol. The Kier molecular flexibility index (Phi) is 7.17. The summed E-state index contributed by atoms with van der Waals surface area (Å²) in [6, 6.07) is 34.1. The number of benzene rings is 4. The van der Waals surface area contributed by atoms with Gasteiger partial charge >= 0.3 is 0 Å². The molecule has 4 aromatic rings. The maximum atomic E-state index is 6.13. The summed E-state index contributed by atoms with van der Waals surface area (Å²) in [6.45, 7) is 3.00. The van der Waals surface area contributed by atoms with Crippen molar-refractivity contribution in [1.82, 2.24) is 0 Å². The first-order valence-electron chi connectivity index (χ1n) is 10.6. The number of rotatable bonds is 9. The minimum atomic E-state index is 0.463. The van der Waals surface area contributed by atoms with Gasteiger partial charge in [-0.15, -0.1) is 0 Å². The second-order valence-electron chi connectivity index (χ2n) is 7.49. The molecule has 4 aromatic carbocycles. The van der Waals surface area contributed by atoms with E-state index in [1.165, 1.54) is 5.56 Å². The number of aryl methyl sites for hydroxylation is 1. The highest BCUT2D eigenvalue weighted by Gasteiger charge is 2.08. The van der Waals surface area contributed by atoms with Gasteiger partial charge in [0.05, 0.1) is 11.9 Å². The molecule has 0 bridgehead atoms. The van der Waals surface area contributed by atoms with Crippen LogP contribution in [-0.2, 0) is 13.2 Å². The van der Waals surface area contributed by atoms with Crippen molar-refractivity contribution in [1.29, 1.82) is 0 Å².